The summed E-state index contributed by atoms with van der Waals surface area (Å²) in [5.41, 5.74) is 0. The van der Waals surface area contributed by atoms with Crippen LogP contribution in [0.2, 0.25) is 0 Å². The largest absolute Gasteiger partial charge is 0.343 e. The van der Waals surface area contributed by atoms with Crippen LogP contribution in [0.15, 0.2) is 0 Å². The molecular weight excluding hydrogens is 212 g/mol. The topological polar surface area (TPSA) is 32.3 Å². The molecule has 1 N–H and O–H groups in total. The summed E-state index contributed by atoms with van der Waals surface area (Å²) in [7, 11) is 1.97. The Morgan fingerprint density at radius 2 is 2.12 bits per heavy atom. The highest BCUT2D eigenvalue weighted by atomic mass is 16.2. The zero-order chi connectivity index (χ0) is 12.8. The van der Waals surface area contributed by atoms with Crippen LogP contribution < -0.4 is 5.32 Å². The van der Waals surface area contributed by atoms with Crippen LogP contribution >= 0.6 is 0 Å². The number of rotatable bonds is 5. The molecule has 100 valence electrons. The van der Waals surface area contributed by atoms with Gasteiger partial charge in [0, 0.05) is 32.1 Å². The van der Waals surface area contributed by atoms with Gasteiger partial charge >= 0.3 is 0 Å². The zero-order valence-electron chi connectivity index (χ0n) is 11.8. The zero-order valence-corrected chi connectivity index (χ0v) is 11.8. The number of nitrogens with zero attached hydrogens (tertiary/aromatic N) is 1. The molecule has 1 amide bonds. The van der Waals surface area contributed by atoms with Crippen LogP contribution in [-0.4, -0.2) is 36.5 Å². The van der Waals surface area contributed by atoms with Crippen molar-refractivity contribution in [1.29, 1.82) is 0 Å². The predicted octanol–water partition coefficient (Wildman–Crippen LogP) is 2.41. The Kier molecular flexibility index (Phi) is 5.96. The van der Waals surface area contributed by atoms with Crippen molar-refractivity contribution < 1.29 is 4.79 Å². The molecule has 2 unspecified atom stereocenters. The van der Waals surface area contributed by atoms with Crippen molar-refractivity contribution >= 4 is 5.91 Å². The van der Waals surface area contributed by atoms with E-state index in [9.17, 15) is 4.79 Å². The molecule has 0 radical (unpaired) electrons. The van der Waals surface area contributed by atoms with Gasteiger partial charge in [0.2, 0.25) is 5.91 Å². The summed E-state index contributed by atoms with van der Waals surface area (Å²) < 4.78 is 0. The number of hydrogen-bond donors (Lipinski definition) is 1. The Morgan fingerprint density at radius 1 is 1.41 bits per heavy atom. The fraction of sp³-hybridized carbons (Fsp3) is 0.929. The average molecular weight is 240 g/mol. The summed E-state index contributed by atoms with van der Waals surface area (Å²) in [5.74, 6) is 1.06. The molecule has 1 rings (SSSR count). The lowest BCUT2D eigenvalue weighted by atomic mass is 9.86. The molecule has 0 aromatic rings. The third kappa shape index (κ3) is 5.07. The van der Waals surface area contributed by atoms with Gasteiger partial charge in [-0.25, -0.2) is 0 Å². The van der Waals surface area contributed by atoms with Gasteiger partial charge in [-0.05, 0) is 18.8 Å². The maximum atomic E-state index is 12.0. The van der Waals surface area contributed by atoms with E-state index in [1.165, 1.54) is 25.7 Å². The van der Waals surface area contributed by atoms with Gasteiger partial charge in [-0.1, -0.05) is 33.6 Å². The SMILES string of the molecule is CC1CCCC(N(C)C(=O)CCNC(C)C)C1. The molecule has 0 aromatic heterocycles. The number of hydrogen-bond acceptors (Lipinski definition) is 2. The molecule has 17 heavy (non-hydrogen) atoms. The summed E-state index contributed by atoms with van der Waals surface area (Å²) in [4.78, 5) is 14.0. The minimum absolute atomic E-state index is 0.289. The molecule has 0 heterocycles. The van der Waals surface area contributed by atoms with Crippen LogP contribution in [0, 0.1) is 5.92 Å². The van der Waals surface area contributed by atoms with Crippen LogP contribution in [0.25, 0.3) is 0 Å². The number of carbonyl (C=O) groups excluding carboxylic acids is 1. The second kappa shape index (κ2) is 7.00. The Bertz CT molecular complexity index is 240. The molecule has 0 spiro atoms. The summed E-state index contributed by atoms with van der Waals surface area (Å²) in [5, 5.41) is 3.30. The van der Waals surface area contributed by atoms with Crippen LogP contribution in [-0.2, 0) is 4.79 Å². The van der Waals surface area contributed by atoms with Crippen molar-refractivity contribution in [2.45, 2.75) is 65.0 Å². The minimum atomic E-state index is 0.289. The lowest BCUT2D eigenvalue weighted by molar-refractivity contribution is -0.132. The quantitative estimate of drug-likeness (QED) is 0.800. The fourth-order valence-electron chi connectivity index (χ4n) is 2.60. The van der Waals surface area contributed by atoms with Crippen molar-refractivity contribution in [1.82, 2.24) is 10.2 Å². The normalized spacial score (nSPS) is 25.0. The summed E-state index contributed by atoms with van der Waals surface area (Å²) in [6.07, 6.45) is 5.59. The van der Waals surface area contributed by atoms with Gasteiger partial charge in [0.1, 0.15) is 0 Å². The van der Waals surface area contributed by atoms with Gasteiger partial charge in [-0.3, -0.25) is 4.79 Å². The molecular formula is C14H28N2O. The molecule has 0 aliphatic heterocycles. The van der Waals surface area contributed by atoms with E-state index in [0.717, 1.165) is 12.5 Å². The third-order valence-corrected chi connectivity index (χ3v) is 3.74. The minimum Gasteiger partial charge on any atom is -0.343 e. The van der Waals surface area contributed by atoms with Gasteiger partial charge in [0.05, 0.1) is 0 Å². The van der Waals surface area contributed by atoms with Crippen molar-refractivity contribution in [3.05, 3.63) is 0 Å². The first-order valence-corrected chi connectivity index (χ1v) is 6.99. The lowest BCUT2D eigenvalue weighted by Crippen LogP contribution is -2.41. The number of nitrogens with one attached hydrogen (secondary N) is 1. The molecule has 3 nitrogen and oxygen atoms in total. The second-order valence-electron chi connectivity index (χ2n) is 5.79. The van der Waals surface area contributed by atoms with Crippen LogP contribution in [0.3, 0.4) is 0 Å². The maximum absolute atomic E-state index is 12.0. The Balaban J connectivity index is 2.30. The van der Waals surface area contributed by atoms with E-state index in [-0.39, 0.29) is 5.91 Å². The molecule has 0 saturated heterocycles. The van der Waals surface area contributed by atoms with Crippen LogP contribution in [0.1, 0.15) is 52.9 Å². The predicted molar refractivity (Wildman–Crippen MR) is 71.9 cm³/mol. The molecule has 3 heteroatoms. The Hall–Kier alpha value is -0.570. The molecule has 1 aliphatic carbocycles. The average Bonchev–Trinajstić information content (AvgIpc) is 2.27. The fourth-order valence-corrected chi connectivity index (χ4v) is 2.60. The highest BCUT2D eigenvalue weighted by molar-refractivity contribution is 5.76. The molecule has 1 aliphatic rings. The van der Waals surface area contributed by atoms with Crippen molar-refractivity contribution in [2.75, 3.05) is 13.6 Å². The van der Waals surface area contributed by atoms with Crippen LogP contribution in [0.5, 0.6) is 0 Å². The summed E-state index contributed by atoms with van der Waals surface area (Å²) in [6, 6.07) is 0.938. The molecule has 1 saturated carbocycles. The van der Waals surface area contributed by atoms with E-state index in [4.69, 9.17) is 0 Å². The molecule has 2 atom stereocenters. The van der Waals surface area contributed by atoms with E-state index in [1.54, 1.807) is 0 Å². The smallest absolute Gasteiger partial charge is 0.223 e. The van der Waals surface area contributed by atoms with E-state index in [2.05, 4.69) is 26.1 Å². The summed E-state index contributed by atoms with van der Waals surface area (Å²) >= 11 is 0. The van der Waals surface area contributed by atoms with Crippen molar-refractivity contribution in [2.24, 2.45) is 5.92 Å². The van der Waals surface area contributed by atoms with Gasteiger partial charge in [0.25, 0.3) is 0 Å². The summed E-state index contributed by atoms with van der Waals surface area (Å²) in [6.45, 7) is 7.31. The molecule has 0 aromatic carbocycles. The first kappa shape index (κ1) is 14.5. The molecule has 0 bridgehead atoms. The third-order valence-electron chi connectivity index (χ3n) is 3.74. The van der Waals surface area contributed by atoms with Gasteiger partial charge < -0.3 is 10.2 Å². The highest BCUT2D eigenvalue weighted by Gasteiger charge is 2.24. The lowest BCUT2D eigenvalue weighted by Gasteiger charge is -2.34. The van der Waals surface area contributed by atoms with Gasteiger partial charge in [-0.2, -0.15) is 0 Å². The van der Waals surface area contributed by atoms with Gasteiger partial charge in [0.15, 0.2) is 0 Å². The van der Waals surface area contributed by atoms with Crippen LogP contribution in [0.4, 0.5) is 0 Å². The second-order valence-corrected chi connectivity index (χ2v) is 5.79. The Labute approximate surface area is 106 Å². The van der Waals surface area contributed by atoms with E-state index < -0.39 is 0 Å². The maximum Gasteiger partial charge on any atom is 0.223 e. The Morgan fingerprint density at radius 3 is 2.71 bits per heavy atom. The first-order valence-electron chi connectivity index (χ1n) is 6.99. The number of carbonyl (C=O) groups is 1. The van der Waals surface area contributed by atoms with E-state index >= 15 is 0 Å². The van der Waals surface area contributed by atoms with Gasteiger partial charge in [-0.15, -0.1) is 0 Å². The van der Waals surface area contributed by atoms with E-state index in [1.807, 2.05) is 11.9 Å². The van der Waals surface area contributed by atoms with Crippen molar-refractivity contribution in [3.63, 3.8) is 0 Å². The highest BCUT2D eigenvalue weighted by Crippen LogP contribution is 2.26. The standard InChI is InChI=1S/C14H28N2O/c1-11(2)15-9-8-14(17)16(4)13-7-5-6-12(3)10-13/h11-13,15H,5-10H2,1-4H3. The first-order chi connectivity index (χ1) is 8.00. The number of amides is 1. The monoisotopic (exact) mass is 240 g/mol. The van der Waals surface area contributed by atoms with E-state index in [0.29, 0.717) is 18.5 Å². The molecule has 1 fully saturated rings. The van der Waals surface area contributed by atoms with Crippen molar-refractivity contribution in [3.8, 4) is 0 Å².